The number of likely N-dealkylation sites (N-methyl/N-ethyl adjacent to an activating group) is 1. The number of H-pyrrole nitrogens is 1. The minimum absolute atomic E-state index is 0.0279. The van der Waals surface area contributed by atoms with Gasteiger partial charge >= 0.3 is 0 Å². The van der Waals surface area contributed by atoms with Crippen molar-refractivity contribution >= 4 is 16.8 Å². The molecule has 1 aromatic carbocycles. The van der Waals surface area contributed by atoms with Crippen LogP contribution in [0.2, 0.25) is 0 Å². The lowest BCUT2D eigenvalue weighted by molar-refractivity contribution is 0.0620. The van der Waals surface area contributed by atoms with E-state index in [4.69, 9.17) is 0 Å². The van der Waals surface area contributed by atoms with Crippen LogP contribution in [0.1, 0.15) is 29.0 Å². The van der Waals surface area contributed by atoms with Crippen LogP contribution < -0.4 is 5.56 Å². The number of nitrogens with one attached hydrogen (secondary N) is 1. The first-order valence-electron chi connectivity index (χ1n) is 6.86. The molecule has 110 valence electrons. The van der Waals surface area contributed by atoms with Gasteiger partial charge in [0.25, 0.3) is 11.5 Å². The molecule has 1 saturated carbocycles. The summed E-state index contributed by atoms with van der Waals surface area (Å²) in [5, 5.41) is 9.88. The zero-order valence-electron chi connectivity index (χ0n) is 12.0. The van der Waals surface area contributed by atoms with Crippen LogP contribution in [-0.2, 0) is 0 Å². The Morgan fingerprint density at radius 1 is 1.48 bits per heavy atom. The molecule has 0 unspecified atom stereocenters. The van der Waals surface area contributed by atoms with Crippen LogP contribution in [0.3, 0.4) is 0 Å². The summed E-state index contributed by atoms with van der Waals surface area (Å²) in [6.45, 7) is 1.67. The number of hydrogen-bond acceptors (Lipinski definition) is 4. The number of benzene rings is 1. The molecular formula is C15H17N3O3. The summed E-state index contributed by atoms with van der Waals surface area (Å²) in [4.78, 5) is 32.8. The predicted molar refractivity (Wildman–Crippen MR) is 78.2 cm³/mol. The second kappa shape index (κ2) is 4.66. The average Bonchev–Trinajstić information content (AvgIpc) is 3.26. The smallest absolute Gasteiger partial charge is 0.258 e. The molecule has 0 atom stereocenters. The van der Waals surface area contributed by atoms with Gasteiger partial charge in [-0.1, -0.05) is 0 Å². The molecule has 2 N–H and O–H groups in total. The maximum atomic E-state index is 12.5. The summed E-state index contributed by atoms with van der Waals surface area (Å²) in [6.07, 6.45) is 1.63. The third-order valence-corrected chi connectivity index (χ3v) is 4.21. The van der Waals surface area contributed by atoms with E-state index in [2.05, 4.69) is 9.97 Å². The third-order valence-electron chi connectivity index (χ3n) is 4.21. The minimum Gasteiger partial charge on any atom is -0.394 e. The summed E-state index contributed by atoms with van der Waals surface area (Å²) in [6, 6.07) is 4.87. The SMILES string of the molecule is Cc1nc2cc(C(=O)N(C)C3(CO)CC3)ccc2c(=O)[nH]1. The van der Waals surface area contributed by atoms with Gasteiger partial charge in [-0.25, -0.2) is 4.98 Å². The van der Waals surface area contributed by atoms with Crippen LogP contribution >= 0.6 is 0 Å². The van der Waals surface area contributed by atoms with Crippen molar-refractivity contribution in [3.05, 3.63) is 39.9 Å². The molecule has 0 radical (unpaired) electrons. The second-order valence-electron chi connectivity index (χ2n) is 5.63. The highest BCUT2D eigenvalue weighted by Gasteiger charge is 2.48. The fraction of sp³-hybridized carbons (Fsp3) is 0.400. The molecule has 1 amide bonds. The number of aliphatic hydroxyl groups is 1. The maximum Gasteiger partial charge on any atom is 0.258 e. The zero-order valence-corrected chi connectivity index (χ0v) is 12.0. The number of hydrogen-bond donors (Lipinski definition) is 2. The van der Waals surface area contributed by atoms with Crippen LogP contribution in [0.5, 0.6) is 0 Å². The number of aromatic nitrogens is 2. The maximum absolute atomic E-state index is 12.5. The van der Waals surface area contributed by atoms with Gasteiger partial charge in [0.1, 0.15) is 5.82 Å². The lowest BCUT2D eigenvalue weighted by atomic mass is 10.1. The lowest BCUT2D eigenvalue weighted by Crippen LogP contribution is -2.41. The minimum atomic E-state index is -0.413. The van der Waals surface area contributed by atoms with E-state index in [1.54, 1.807) is 37.1 Å². The first-order valence-corrected chi connectivity index (χ1v) is 6.86. The third kappa shape index (κ3) is 2.21. The van der Waals surface area contributed by atoms with Crippen LogP contribution in [-0.4, -0.2) is 45.1 Å². The fourth-order valence-corrected chi connectivity index (χ4v) is 2.54. The monoisotopic (exact) mass is 287 g/mol. The molecule has 1 aliphatic carbocycles. The molecule has 1 aromatic heterocycles. The first kappa shape index (κ1) is 13.8. The summed E-state index contributed by atoms with van der Waals surface area (Å²) in [7, 11) is 1.70. The molecule has 0 bridgehead atoms. The van der Waals surface area contributed by atoms with Gasteiger partial charge < -0.3 is 15.0 Å². The Bertz CT molecular complexity index is 777. The number of carbonyl (C=O) groups is 1. The van der Waals surface area contributed by atoms with Crippen molar-refractivity contribution in [3.8, 4) is 0 Å². The van der Waals surface area contributed by atoms with E-state index in [-0.39, 0.29) is 18.1 Å². The van der Waals surface area contributed by atoms with Gasteiger partial charge in [-0.3, -0.25) is 9.59 Å². The Morgan fingerprint density at radius 3 is 2.81 bits per heavy atom. The number of nitrogens with zero attached hydrogens (tertiary/aromatic N) is 2. The molecule has 6 nitrogen and oxygen atoms in total. The van der Waals surface area contributed by atoms with Gasteiger partial charge in [0.2, 0.25) is 0 Å². The number of aryl methyl sites for hydroxylation is 1. The average molecular weight is 287 g/mol. The van der Waals surface area contributed by atoms with E-state index in [0.717, 1.165) is 12.8 Å². The van der Waals surface area contributed by atoms with Crippen molar-refractivity contribution in [1.82, 2.24) is 14.9 Å². The summed E-state index contributed by atoms with van der Waals surface area (Å²) in [5.41, 5.74) is 0.356. The Kier molecular flexibility index (Phi) is 3.06. The highest BCUT2D eigenvalue weighted by atomic mass is 16.3. The Balaban J connectivity index is 2.01. The number of aromatic amines is 1. The van der Waals surface area contributed by atoms with Crippen molar-refractivity contribution in [2.24, 2.45) is 0 Å². The van der Waals surface area contributed by atoms with E-state index in [1.807, 2.05) is 0 Å². The molecule has 0 spiro atoms. The highest BCUT2D eigenvalue weighted by molar-refractivity contribution is 5.98. The summed E-state index contributed by atoms with van der Waals surface area (Å²) >= 11 is 0. The zero-order chi connectivity index (χ0) is 15.2. The molecular weight excluding hydrogens is 270 g/mol. The van der Waals surface area contributed by atoms with Gasteiger partial charge in [-0.05, 0) is 38.0 Å². The number of rotatable bonds is 3. The number of amides is 1. The van der Waals surface area contributed by atoms with E-state index in [1.165, 1.54) is 0 Å². The highest BCUT2D eigenvalue weighted by Crippen LogP contribution is 2.40. The molecule has 2 aromatic rings. The quantitative estimate of drug-likeness (QED) is 0.875. The Morgan fingerprint density at radius 2 is 2.19 bits per heavy atom. The molecule has 3 rings (SSSR count). The molecule has 0 aliphatic heterocycles. The van der Waals surface area contributed by atoms with Crippen molar-refractivity contribution in [2.75, 3.05) is 13.7 Å². The molecule has 6 heteroatoms. The van der Waals surface area contributed by atoms with Crippen LogP contribution in [0.25, 0.3) is 10.9 Å². The second-order valence-corrected chi connectivity index (χ2v) is 5.63. The first-order chi connectivity index (χ1) is 9.97. The lowest BCUT2D eigenvalue weighted by Gasteiger charge is -2.26. The van der Waals surface area contributed by atoms with Crippen molar-refractivity contribution in [2.45, 2.75) is 25.3 Å². The molecule has 1 aliphatic rings. The Hall–Kier alpha value is -2.21. The summed E-state index contributed by atoms with van der Waals surface area (Å²) in [5.74, 6) is 0.350. The normalized spacial score (nSPS) is 16.0. The van der Waals surface area contributed by atoms with Gasteiger partial charge in [-0.2, -0.15) is 0 Å². The van der Waals surface area contributed by atoms with Crippen molar-refractivity contribution < 1.29 is 9.90 Å². The van der Waals surface area contributed by atoms with Crippen molar-refractivity contribution in [3.63, 3.8) is 0 Å². The topological polar surface area (TPSA) is 86.3 Å². The Labute approximate surface area is 121 Å². The fourth-order valence-electron chi connectivity index (χ4n) is 2.54. The van der Waals surface area contributed by atoms with Crippen LogP contribution in [0.15, 0.2) is 23.0 Å². The molecule has 0 saturated heterocycles. The number of fused-ring (bicyclic) bond motifs is 1. The van der Waals surface area contributed by atoms with Crippen LogP contribution in [0, 0.1) is 6.92 Å². The largest absolute Gasteiger partial charge is 0.394 e. The van der Waals surface area contributed by atoms with E-state index >= 15 is 0 Å². The van der Waals surface area contributed by atoms with E-state index < -0.39 is 5.54 Å². The van der Waals surface area contributed by atoms with Gasteiger partial charge in [0, 0.05) is 12.6 Å². The van der Waals surface area contributed by atoms with E-state index in [0.29, 0.717) is 22.3 Å². The molecule has 1 heterocycles. The standard InChI is InChI=1S/C15H17N3O3/c1-9-16-12-7-10(3-4-11(12)13(20)17-9)14(21)18(2)15(8-19)5-6-15/h3-4,7,19H,5-6,8H2,1-2H3,(H,16,17,20). The van der Waals surface area contributed by atoms with Crippen LogP contribution in [0.4, 0.5) is 0 Å². The number of carbonyl (C=O) groups excluding carboxylic acids is 1. The number of aliphatic hydroxyl groups excluding tert-OH is 1. The molecule has 21 heavy (non-hydrogen) atoms. The molecule has 1 fully saturated rings. The van der Waals surface area contributed by atoms with Crippen molar-refractivity contribution in [1.29, 1.82) is 0 Å². The van der Waals surface area contributed by atoms with Gasteiger partial charge in [-0.15, -0.1) is 0 Å². The summed E-state index contributed by atoms with van der Waals surface area (Å²) < 4.78 is 0. The van der Waals surface area contributed by atoms with Gasteiger partial charge in [0.05, 0.1) is 23.0 Å². The van der Waals surface area contributed by atoms with Gasteiger partial charge in [0.15, 0.2) is 0 Å². The van der Waals surface area contributed by atoms with E-state index in [9.17, 15) is 14.7 Å². The predicted octanol–water partition coefficient (Wildman–Crippen LogP) is 0.828.